The number of hydrogen-bond donors (Lipinski definition) is 3. The number of carbonyl (C=O) groups excluding carboxylic acids is 2. The molecule has 2 amide bonds. The molecule has 0 heterocycles. The van der Waals surface area contributed by atoms with Crippen LogP contribution in [-0.2, 0) is 4.79 Å². The quantitative estimate of drug-likeness (QED) is 0.721. The summed E-state index contributed by atoms with van der Waals surface area (Å²) in [5, 5.41) is 2.65. The Hall–Kier alpha value is -3.02. The highest BCUT2D eigenvalue weighted by atomic mass is 16.5. The Balaban J connectivity index is 1.86. The van der Waals surface area contributed by atoms with E-state index in [2.05, 4.69) is 5.32 Å². The maximum Gasteiger partial charge on any atom is 0.262 e. The van der Waals surface area contributed by atoms with E-state index in [1.165, 1.54) is 0 Å². The minimum atomic E-state index is -0.514. The second-order valence-electron chi connectivity index (χ2n) is 4.35. The van der Waals surface area contributed by atoms with Gasteiger partial charge in [-0.15, -0.1) is 0 Å². The highest BCUT2D eigenvalue weighted by Crippen LogP contribution is 2.13. The number of nitrogens with two attached hydrogens (primary N) is 2. The number of amides is 2. The van der Waals surface area contributed by atoms with Gasteiger partial charge in [0.2, 0.25) is 5.91 Å². The first kappa shape index (κ1) is 14.4. The molecule has 0 saturated heterocycles. The van der Waals surface area contributed by atoms with Gasteiger partial charge in [0.1, 0.15) is 5.75 Å². The summed E-state index contributed by atoms with van der Waals surface area (Å²) < 4.78 is 5.32. The van der Waals surface area contributed by atoms with E-state index in [4.69, 9.17) is 16.2 Å². The Labute approximate surface area is 121 Å². The first-order chi connectivity index (χ1) is 10.0. The number of primary amides is 1. The van der Waals surface area contributed by atoms with Crippen molar-refractivity contribution in [3.63, 3.8) is 0 Å². The highest BCUT2D eigenvalue weighted by molar-refractivity contribution is 5.95. The average Bonchev–Trinajstić information content (AvgIpc) is 2.47. The molecule has 0 fully saturated rings. The van der Waals surface area contributed by atoms with Gasteiger partial charge in [0, 0.05) is 16.9 Å². The van der Waals surface area contributed by atoms with Gasteiger partial charge >= 0.3 is 0 Å². The summed E-state index contributed by atoms with van der Waals surface area (Å²) in [6.07, 6.45) is 0. The summed E-state index contributed by atoms with van der Waals surface area (Å²) in [6, 6.07) is 13.0. The molecule has 2 aromatic rings. The lowest BCUT2D eigenvalue weighted by Crippen LogP contribution is -2.20. The number of nitrogens with one attached hydrogen (secondary N) is 1. The number of benzene rings is 2. The Kier molecular flexibility index (Phi) is 4.40. The zero-order chi connectivity index (χ0) is 15.2. The lowest BCUT2D eigenvalue weighted by molar-refractivity contribution is -0.118. The predicted molar refractivity (Wildman–Crippen MR) is 79.9 cm³/mol. The molecule has 2 rings (SSSR count). The molecule has 0 radical (unpaired) electrons. The zero-order valence-electron chi connectivity index (χ0n) is 11.2. The second-order valence-corrected chi connectivity index (χ2v) is 4.35. The lowest BCUT2D eigenvalue weighted by Gasteiger charge is -2.08. The Morgan fingerprint density at radius 1 is 1.00 bits per heavy atom. The number of hydrogen-bond acceptors (Lipinski definition) is 4. The van der Waals surface area contributed by atoms with Crippen molar-refractivity contribution in [3.8, 4) is 5.75 Å². The van der Waals surface area contributed by atoms with Crippen LogP contribution in [0.2, 0.25) is 0 Å². The van der Waals surface area contributed by atoms with Crippen molar-refractivity contribution in [2.75, 3.05) is 17.7 Å². The maximum atomic E-state index is 11.7. The SMILES string of the molecule is NC(=O)c1ccc(NC(=O)COc2ccc(N)cc2)cc1. The fourth-order valence-electron chi connectivity index (χ4n) is 1.63. The van der Waals surface area contributed by atoms with Crippen molar-refractivity contribution >= 4 is 23.2 Å². The van der Waals surface area contributed by atoms with Gasteiger partial charge in [-0.3, -0.25) is 9.59 Å². The number of anilines is 2. The van der Waals surface area contributed by atoms with Crippen molar-refractivity contribution in [1.29, 1.82) is 0 Å². The molecule has 0 bridgehead atoms. The smallest absolute Gasteiger partial charge is 0.262 e. The van der Waals surface area contributed by atoms with E-state index in [0.717, 1.165) is 0 Å². The zero-order valence-corrected chi connectivity index (χ0v) is 11.2. The standard InChI is InChI=1S/C15H15N3O3/c16-11-3-7-13(8-4-11)21-9-14(19)18-12-5-1-10(2-6-12)15(17)20/h1-8H,9,16H2,(H2,17,20)(H,18,19). The molecule has 0 aliphatic rings. The number of nitrogen functional groups attached to an aromatic ring is 1. The van der Waals surface area contributed by atoms with Crippen LogP contribution in [0, 0.1) is 0 Å². The molecule has 108 valence electrons. The predicted octanol–water partition coefficient (Wildman–Crippen LogP) is 1.39. The van der Waals surface area contributed by atoms with Crippen molar-refractivity contribution in [2.45, 2.75) is 0 Å². The Morgan fingerprint density at radius 3 is 2.19 bits per heavy atom. The molecule has 0 saturated carbocycles. The van der Waals surface area contributed by atoms with Gasteiger partial charge in [0.05, 0.1) is 0 Å². The number of rotatable bonds is 5. The van der Waals surface area contributed by atoms with Crippen molar-refractivity contribution in [2.24, 2.45) is 5.73 Å². The summed E-state index contributed by atoms with van der Waals surface area (Å²) in [5.74, 6) is -0.262. The van der Waals surface area contributed by atoms with Gasteiger partial charge in [0.25, 0.3) is 5.91 Å². The van der Waals surface area contributed by atoms with E-state index in [1.54, 1.807) is 48.5 Å². The minimum Gasteiger partial charge on any atom is -0.484 e. The number of carbonyl (C=O) groups is 2. The van der Waals surface area contributed by atoms with Crippen LogP contribution in [0.1, 0.15) is 10.4 Å². The maximum absolute atomic E-state index is 11.7. The Morgan fingerprint density at radius 2 is 1.62 bits per heavy atom. The monoisotopic (exact) mass is 285 g/mol. The molecular formula is C15H15N3O3. The van der Waals surface area contributed by atoms with E-state index in [-0.39, 0.29) is 12.5 Å². The lowest BCUT2D eigenvalue weighted by atomic mass is 10.2. The molecule has 5 N–H and O–H groups in total. The van der Waals surface area contributed by atoms with Gasteiger partial charge in [-0.2, -0.15) is 0 Å². The molecule has 2 aromatic carbocycles. The molecule has 0 aliphatic heterocycles. The van der Waals surface area contributed by atoms with E-state index in [9.17, 15) is 9.59 Å². The van der Waals surface area contributed by atoms with E-state index >= 15 is 0 Å². The first-order valence-corrected chi connectivity index (χ1v) is 6.22. The van der Waals surface area contributed by atoms with Crippen molar-refractivity contribution < 1.29 is 14.3 Å². The molecule has 0 spiro atoms. The van der Waals surface area contributed by atoms with Crippen molar-refractivity contribution in [3.05, 3.63) is 54.1 Å². The minimum absolute atomic E-state index is 0.124. The summed E-state index contributed by atoms with van der Waals surface area (Å²) in [7, 11) is 0. The fraction of sp³-hybridized carbons (Fsp3) is 0.0667. The molecule has 0 atom stereocenters. The molecule has 0 unspecified atom stereocenters. The third kappa shape index (κ3) is 4.24. The van der Waals surface area contributed by atoms with Crippen LogP contribution in [0.4, 0.5) is 11.4 Å². The topological polar surface area (TPSA) is 107 Å². The van der Waals surface area contributed by atoms with Gasteiger partial charge < -0.3 is 21.5 Å². The molecule has 0 aliphatic carbocycles. The summed E-state index contributed by atoms with van der Waals surface area (Å²) in [6.45, 7) is -0.124. The van der Waals surface area contributed by atoms with Crippen LogP contribution in [0.3, 0.4) is 0 Å². The van der Waals surface area contributed by atoms with Gasteiger partial charge in [-0.05, 0) is 48.5 Å². The van der Waals surface area contributed by atoms with Crippen LogP contribution in [0.15, 0.2) is 48.5 Å². The Bertz CT molecular complexity index is 636. The van der Waals surface area contributed by atoms with E-state index in [0.29, 0.717) is 22.7 Å². The van der Waals surface area contributed by atoms with Crippen LogP contribution in [0.5, 0.6) is 5.75 Å². The molecular weight excluding hydrogens is 270 g/mol. The fourth-order valence-corrected chi connectivity index (χ4v) is 1.63. The van der Waals surface area contributed by atoms with Gasteiger partial charge in [-0.25, -0.2) is 0 Å². The third-order valence-corrected chi connectivity index (χ3v) is 2.70. The molecule has 0 aromatic heterocycles. The van der Waals surface area contributed by atoms with Crippen LogP contribution in [0.25, 0.3) is 0 Å². The van der Waals surface area contributed by atoms with Gasteiger partial charge in [-0.1, -0.05) is 0 Å². The largest absolute Gasteiger partial charge is 0.484 e. The molecule has 6 heteroatoms. The molecule has 6 nitrogen and oxygen atoms in total. The van der Waals surface area contributed by atoms with Crippen LogP contribution < -0.4 is 21.5 Å². The first-order valence-electron chi connectivity index (χ1n) is 6.22. The molecule has 21 heavy (non-hydrogen) atoms. The summed E-state index contributed by atoms with van der Waals surface area (Å²) in [5.41, 5.74) is 12.3. The highest BCUT2D eigenvalue weighted by Gasteiger charge is 2.05. The van der Waals surface area contributed by atoms with E-state index < -0.39 is 5.91 Å². The second kappa shape index (κ2) is 6.42. The van der Waals surface area contributed by atoms with E-state index in [1.807, 2.05) is 0 Å². The van der Waals surface area contributed by atoms with Crippen molar-refractivity contribution in [1.82, 2.24) is 0 Å². The van der Waals surface area contributed by atoms with Gasteiger partial charge in [0.15, 0.2) is 6.61 Å². The summed E-state index contributed by atoms with van der Waals surface area (Å²) in [4.78, 5) is 22.6. The normalized spacial score (nSPS) is 9.90. The number of ether oxygens (including phenoxy) is 1. The third-order valence-electron chi connectivity index (χ3n) is 2.70. The van der Waals surface area contributed by atoms with Crippen LogP contribution >= 0.6 is 0 Å². The average molecular weight is 285 g/mol. The summed E-state index contributed by atoms with van der Waals surface area (Å²) >= 11 is 0. The van der Waals surface area contributed by atoms with Crippen LogP contribution in [-0.4, -0.2) is 18.4 Å².